The lowest BCUT2D eigenvalue weighted by Gasteiger charge is -2.38. The number of amides is 3. The molecule has 12 heteroatoms. The van der Waals surface area contributed by atoms with Gasteiger partial charge in [-0.25, -0.2) is 17.6 Å². The molecule has 3 atom stereocenters. The van der Waals surface area contributed by atoms with E-state index in [9.17, 15) is 27.5 Å². The van der Waals surface area contributed by atoms with E-state index in [-0.39, 0.29) is 41.8 Å². The third-order valence-corrected chi connectivity index (χ3v) is 9.03. The Labute approximate surface area is 245 Å². The molecule has 3 N–H and O–H groups in total. The zero-order valence-corrected chi connectivity index (χ0v) is 24.7. The molecule has 3 amide bonds. The Morgan fingerprint density at radius 3 is 2.36 bits per heavy atom. The molecule has 0 saturated carbocycles. The Morgan fingerprint density at radius 1 is 1.10 bits per heavy atom. The number of rotatable bonds is 8. The first kappa shape index (κ1) is 30.9. The molecule has 4 rings (SSSR count). The minimum atomic E-state index is -3.81. The van der Waals surface area contributed by atoms with E-state index < -0.39 is 39.9 Å². The molecule has 0 bridgehead atoms. The van der Waals surface area contributed by atoms with Crippen molar-refractivity contribution in [2.75, 3.05) is 37.4 Å². The SMILES string of the molecule is Cc1ccc(S(=O)(=O)N(C)C[C@@H]2Oc3ccc(NC(=O)Nc4ccc(F)cc4)cc3C(=O)N([C@H](C)CO)C[C@@H]2C)cc1. The molecule has 10 nitrogen and oxygen atoms in total. The second-order valence-electron chi connectivity index (χ2n) is 10.5. The quantitative estimate of drug-likeness (QED) is 0.354. The first-order valence-electron chi connectivity index (χ1n) is 13.5. The number of aliphatic hydroxyl groups excluding tert-OH is 1. The molecule has 0 radical (unpaired) electrons. The molecular formula is C30H35FN4O6S. The molecule has 0 saturated heterocycles. The topological polar surface area (TPSA) is 128 Å². The minimum Gasteiger partial charge on any atom is -0.488 e. The fourth-order valence-corrected chi connectivity index (χ4v) is 5.77. The van der Waals surface area contributed by atoms with Crippen LogP contribution in [-0.4, -0.2) is 73.6 Å². The van der Waals surface area contributed by atoms with Crippen LogP contribution in [0.25, 0.3) is 0 Å². The summed E-state index contributed by atoms with van der Waals surface area (Å²) >= 11 is 0. The van der Waals surface area contributed by atoms with Gasteiger partial charge in [0, 0.05) is 30.9 Å². The maximum Gasteiger partial charge on any atom is 0.323 e. The highest BCUT2D eigenvalue weighted by Gasteiger charge is 2.35. The van der Waals surface area contributed by atoms with E-state index in [0.717, 1.165) is 5.56 Å². The number of hydrogen-bond donors (Lipinski definition) is 3. The molecule has 0 unspecified atom stereocenters. The smallest absolute Gasteiger partial charge is 0.323 e. The minimum absolute atomic E-state index is 0.00638. The number of nitrogens with zero attached hydrogens (tertiary/aromatic N) is 2. The van der Waals surface area contributed by atoms with E-state index in [2.05, 4.69) is 10.6 Å². The van der Waals surface area contributed by atoms with E-state index in [1.54, 1.807) is 43.3 Å². The van der Waals surface area contributed by atoms with Gasteiger partial charge >= 0.3 is 6.03 Å². The fraction of sp³-hybridized carbons (Fsp3) is 0.333. The highest BCUT2D eigenvalue weighted by molar-refractivity contribution is 7.89. The van der Waals surface area contributed by atoms with Crippen molar-refractivity contribution in [3.05, 3.63) is 83.7 Å². The van der Waals surface area contributed by atoms with Crippen LogP contribution in [0.15, 0.2) is 71.6 Å². The molecular weight excluding hydrogens is 563 g/mol. The van der Waals surface area contributed by atoms with Crippen molar-refractivity contribution in [3.8, 4) is 5.75 Å². The summed E-state index contributed by atoms with van der Waals surface area (Å²) in [5.41, 5.74) is 1.76. The van der Waals surface area contributed by atoms with Crippen LogP contribution in [0, 0.1) is 18.7 Å². The fourth-order valence-electron chi connectivity index (χ4n) is 4.59. The molecule has 0 aromatic heterocycles. The van der Waals surface area contributed by atoms with Crippen molar-refractivity contribution >= 4 is 33.3 Å². The number of hydrogen-bond acceptors (Lipinski definition) is 6. The molecule has 1 aliphatic heterocycles. The van der Waals surface area contributed by atoms with Gasteiger partial charge in [-0.2, -0.15) is 4.31 Å². The van der Waals surface area contributed by atoms with Crippen LogP contribution in [0.1, 0.15) is 29.8 Å². The number of carbonyl (C=O) groups is 2. The molecule has 1 heterocycles. The first-order valence-corrected chi connectivity index (χ1v) is 14.9. The summed E-state index contributed by atoms with van der Waals surface area (Å²) in [6.07, 6.45) is -0.643. The van der Waals surface area contributed by atoms with Crippen LogP contribution < -0.4 is 15.4 Å². The number of urea groups is 1. The number of anilines is 2. The second kappa shape index (κ2) is 12.9. The van der Waals surface area contributed by atoms with Crippen molar-refractivity contribution in [1.82, 2.24) is 9.21 Å². The number of halogens is 1. The zero-order valence-electron chi connectivity index (χ0n) is 23.9. The Morgan fingerprint density at radius 2 is 1.71 bits per heavy atom. The number of ether oxygens (including phenoxy) is 1. The maximum atomic E-state index is 13.7. The molecule has 3 aromatic rings. The number of carbonyl (C=O) groups excluding carboxylic acids is 2. The summed E-state index contributed by atoms with van der Waals surface area (Å²) in [4.78, 5) is 27.9. The Hall–Kier alpha value is -4.00. The van der Waals surface area contributed by atoms with Gasteiger partial charge in [0.1, 0.15) is 17.7 Å². The predicted molar refractivity (Wildman–Crippen MR) is 158 cm³/mol. The zero-order chi connectivity index (χ0) is 30.6. The number of nitrogens with one attached hydrogen (secondary N) is 2. The Balaban J connectivity index is 1.61. The highest BCUT2D eigenvalue weighted by atomic mass is 32.2. The Kier molecular flexibility index (Phi) is 9.50. The first-order chi connectivity index (χ1) is 19.9. The van der Waals surface area contributed by atoms with Crippen molar-refractivity contribution in [2.24, 2.45) is 5.92 Å². The van der Waals surface area contributed by atoms with Gasteiger partial charge in [-0.1, -0.05) is 24.6 Å². The molecule has 42 heavy (non-hydrogen) atoms. The van der Waals surface area contributed by atoms with Gasteiger partial charge in [-0.3, -0.25) is 4.79 Å². The van der Waals surface area contributed by atoms with Gasteiger partial charge in [0.25, 0.3) is 5.91 Å². The lowest BCUT2D eigenvalue weighted by atomic mass is 9.99. The van der Waals surface area contributed by atoms with Gasteiger partial charge in [-0.05, 0) is 68.4 Å². The molecule has 224 valence electrons. The van der Waals surface area contributed by atoms with Crippen LogP contribution in [-0.2, 0) is 10.0 Å². The van der Waals surface area contributed by atoms with Gasteiger partial charge in [0.05, 0.1) is 29.7 Å². The molecule has 0 aliphatic carbocycles. The molecule has 0 spiro atoms. The number of fused-ring (bicyclic) bond motifs is 1. The van der Waals surface area contributed by atoms with Crippen molar-refractivity contribution in [2.45, 2.75) is 37.8 Å². The lowest BCUT2D eigenvalue weighted by Crippen LogP contribution is -2.50. The summed E-state index contributed by atoms with van der Waals surface area (Å²) < 4.78 is 47.3. The molecule has 1 aliphatic rings. The standard InChI is InChI=1S/C30H35FN4O6S/c1-19-5-12-25(13-6-19)42(39,40)34(4)17-28-20(2)16-35(21(3)18-36)29(37)26-15-24(11-14-27(26)41-28)33-30(38)32-23-9-7-22(31)8-10-23/h5-15,20-21,28,36H,16-18H2,1-4H3,(H2,32,33,38)/t20-,21+,28-/m0/s1. The van der Waals surface area contributed by atoms with Crippen LogP contribution in [0.4, 0.5) is 20.6 Å². The highest BCUT2D eigenvalue weighted by Crippen LogP contribution is 2.31. The Bertz CT molecular complexity index is 1530. The van der Waals surface area contributed by atoms with E-state index >= 15 is 0 Å². The van der Waals surface area contributed by atoms with Gasteiger partial charge in [-0.15, -0.1) is 0 Å². The number of aliphatic hydroxyl groups is 1. The monoisotopic (exact) mass is 598 g/mol. The summed E-state index contributed by atoms with van der Waals surface area (Å²) in [6, 6.07) is 15.3. The van der Waals surface area contributed by atoms with Gasteiger partial charge in [0.15, 0.2) is 0 Å². The summed E-state index contributed by atoms with van der Waals surface area (Å²) in [5.74, 6) is -0.919. The van der Waals surface area contributed by atoms with E-state index in [1.807, 2.05) is 13.8 Å². The largest absolute Gasteiger partial charge is 0.488 e. The second-order valence-corrected chi connectivity index (χ2v) is 12.6. The predicted octanol–water partition coefficient (Wildman–Crippen LogP) is 4.32. The molecule has 0 fully saturated rings. The summed E-state index contributed by atoms with van der Waals surface area (Å²) in [7, 11) is -2.33. The van der Waals surface area contributed by atoms with E-state index in [0.29, 0.717) is 11.4 Å². The van der Waals surface area contributed by atoms with Crippen molar-refractivity contribution in [1.29, 1.82) is 0 Å². The summed E-state index contributed by atoms with van der Waals surface area (Å²) in [6.45, 7) is 5.38. The number of aryl methyl sites for hydroxylation is 1. The van der Waals surface area contributed by atoms with Crippen LogP contribution in [0.2, 0.25) is 0 Å². The third kappa shape index (κ3) is 7.07. The lowest BCUT2D eigenvalue weighted by molar-refractivity contribution is 0.0387. The van der Waals surface area contributed by atoms with Crippen LogP contribution >= 0.6 is 0 Å². The van der Waals surface area contributed by atoms with Crippen LogP contribution in [0.5, 0.6) is 5.75 Å². The number of likely N-dealkylation sites (N-methyl/N-ethyl adjacent to an activating group) is 1. The van der Waals surface area contributed by atoms with E-state index in [1.165, 1.54) is 46.6 Å². The molecule has 3 aromatic carbocycles. The van der Waals surface area contributed by atoms with E-state index in [4.69, 9.17) is 4.74 Å². The van der Waals surface area contributed by atoms with Gasteiger partial charge < -0.3 is 25.4 Å². The third-order valence-electron chi connectivity index (χ3n) is 7.19. The summed E-state index contributed by atoms with van der Waals surface area (Å²) in [5, 5.41) is 15.1. The van der Waals surface area contributed by atoms with Crippen molar-refractivity contribution < 1.29 is 32.2 Å². The number of benzene rings is 3. The number of sulfonamides is 1. The average molecular weight is 599 g/mol. The van der Waals surface area contributed by atoms with Crippen LogP contribution in [0.3, 0.4) is 0 Å². The van der Waals surface area contributed by atoms with Gasteiger partial charge in [0.2, 0.25) is 10.0 Å². The normalized spacial score (nSPS) is 18.0. The maximum absolute atomic E-state index is 13.7. The van der Waals surface area contributed by atoms with Crippen molar-refractivity contribution in [3.63, 3.8) is 0 Å². The average Bonchev–Trinajstić information content (AvgIpc) is 2.96.